The maximum absolute atomic E-state index is 12.2. The van der Waals surface area contributed by atoms with Crippen LogP contribution in [0.2, 0.25) is 0 Å². The largest absolute Gasteiger partial charge is 0.481 e. The van der Waals surface area contributed by atoms with E-state index >= 15 is 0 Å². The number of hydrogen-bond donors (Lipinski definition) is 2. The Morgan fingerprint density at radius 3 is 2.71 bits per heavy atom. The van der Waals surface area contributed by atoms with Gasteiger partial charge < -0.3 is 15.0 Å². The summed E-state index contributed by atoms with van der Waals surface area (Å²) < 4.78 is 0. The van der Waals surface area contributed by atoms with Crippen LogP contribution in [0.5, 0.6) is 0 Å². The Bertz CT molecular complexity index is 682. The monoisotopic (exact) mass is 295 g/mol. The first kappa shape index (κ1) is 14.7. The van der Waals surface area contributed by atoms with Crippen LogP contribution >= 0.6 is 0 Å². The zero-order chi connectivity index (χ0) is 15.8. The van der Waals surface area contributed by atoms with Crippen LogP contribution < -0.4 is 5.56 Å². The minimum Gasteiger partial charge on any atom is -0.481 e. The standard InChI is InChI=1S/C12H13N3O6/c1-12(11(18)19)2-3-14(6-12)10(17)8-4-7(15(20)21)5-13-9(8)16/h4-5H,2-3,6H2,1H3,(H,13,16)(H,18,19). The van der Waals surface area contributed by atoms with Crippen molar-refractivity contribution in [2.45, 2.75) is 13.3 Å². The lowest BCUT2D eigenvalue weighted by molar-refractivity contribution is -0.385. The third-order valence-electron chi connectivity index (χ3n) is 3.61. The maximum atomic E-state index is 12.2. The minimum absolute atomic E-state index is 0.0384. The SMILES string of the molecule is CC1(C(=O)O)CCN(C(=O)c2cc([N+](=O)[O-])c[nH]c2=O)C1. The summed E-state index contributed by atoms with van der Waals surface area (Å²) >= 11 is 0. The molecular formula is C12H13N3O6. The molecule has 9 nitrogen and oxygen atoms in total. The summed E-state index contributed by atoms with van der Waals surface area (Å²) in [6, 6.07) is 0.900. The van der Waals surface area contributed by atoms with E-state index in [9.17, 15) is 24.5 Å². The van der Waals surface area contributed by atoms with Crippen LogP contribution in [0.4, 0.5) is 5.69 Å². The molecule has 2 N–H and O–H groups in total. The predicted octanol–water partition coefficient (Wildman–Crippen LogP) is 0.220. The van der Waals surface area contributed by atoms with Crippen molar-refractivity contribution in [2.24, 2.45) is 5.41 Å². The van der Waals surface area contributed by atoms with E-state index in [0.717, 1.165) is 12.3 Å². The number of carboxylic acid groups (broad SMARTS) is 1. The molecule has 0 aromatic carbocycles. The van der Waals surface area contributed by atoms with Gasteiger partial charge in [0.15, 0.2) is 0 Å². The number of H-pyrrole nitrogens is 1. The Labute approximate surface area is 118 Å². The number of rotatable bonds is 3. The minimum atomic E-state index is -1.07. The van der Waals surface area contributed by atoms with Crippen LogP contribution in [-0.4, -0.2) is 44.9 Å². The summed E-state index contributed by atoms with van der Waals surface area (Å²) in [5.74, 6) is -1.73. The zero-order valence-corrected chi connectivity index (χ0v) is 11.2. The van der Waals surface area contributed by atoms with E-state index in [2.05, 4.69) is 4.98 Å². The van der Waals surface area contributed by atoms with Crippen molar-refractivity contribution < 1.29 is 19.6 Å². The number of nitrogens with zero attached hydrogens (tertiary/aromatic N) is 2. The molecule has 21 heavy (non-hydrogen) atoms. The molecule has 2 heterocycles. The molecule has 1 aliphatic rings. The molecule has 2 rings (SSSR count). The Kier molecular flexibility index (Phi) is 3.50. The second-order valence-electron chi connectivity index (χ2n) is 5.20. The van der Waals surface area contributed by atoms with Gasteiger partial charge in [0.1, 0.15) is 5.56 Å². The van der Waals surface area contributed by atoms with Crippen molar-refractivity contribution in [1.82, 2.24) is 9.88 Å². The number of aliphatic carboxylic acids is 1. The second kappa shape index (κ2) is 5.00. The summed E-state index contributed by atoms with van der Waals surface area (Å²) in [6.45, 7) is 1.66. The van der Waals surface area contributed by atoms with E-state index in [0.29, 0.717) is 0 Å². The molecule has 1 unspecified atom stereocenters. The fourth-order valence-electron chi connectivity index (χ4n) is 2.22. The molecule has 0 spiro atoms. The molecule has 112 valence electrons. The van der Waals surface area contributed by atoms with Crippen molar-refractivity contribution in [3.8, 4) is 0 Å². The number of pyridine rings is 1. The summed E-state index contributed by atoms with van der Waals surface area (Å²) in [4.78, 5) is 48.4. The van der Waals surface area contributed by atoms with Gasteiger partial charge in [-0.2, -0.15) is 0 Å². The highest BCUT2D eigenvalue weighted by atomic mass is 16.6. The van der Waals surface area contributed by atoms with Crippen LogP contribution in [-0.2, 0) is 4.79 Å². The van der Waals surface area contributed by atoms with Gasteiger partial charge in [0.25, 0.3) is 17.2 Å². The Morgan fingerprint density at radius 2 is 2.19 bits per heavy atom. The van der Waals surface area contributed by atoms with Crippen molar-refractivity contribution in [3.05, 3.63) is 38.3 Å². The van der Waals surface area contributed by atoms with Gasteiger partial charge >= 0.3 is 5.97 Å². The van der Waals surface area contributed by atoms with Gasteiger partial charge in [0.05, 0.1) is 16.5 Å². The fraction of sp³-hybridized carbons (Fsp3) is 0.417. The van der Waals surface area contributed by atoms with Crippen molar-refractivity contribution in [1.29, 1.82) is 0 Å². The van der Waals surface area contributed by atoms with Crippen molar-refractivity contribution in [3.63, 3.8) is 0 Å². The zero-order valence-electron chi connectivity index (χ0n) is 11.2. The molecule has 9 heteroatoms. The van der Waals surface area contributed by atoms with E-state index in [1.807, 2.05) is 0 Å². The number of amides is 1. The van der Waals surface area contributed by atoms with Crippen molar-refractivity contribution >= 4 is 17.6 Å². The molecule has 0 saturated carbocycles. The van der Waals surface area contributed by atoms with Crippen LogP contribution in [0.1, 0.15) is 23.7 Å². The highest BCUT2D eigenvalue weighted by Gasteiger charge is 2.42. The number of aromatic amines is 1. The summed E-state index contributed by atoms with van der Waals surface area (Å²) in [5.41, 5.74) is -2.57. The molecule has 1 atom stereocenters. The van der Waals surface area contributed by atoms with Gasteiger partial charge in [0.2, 0.25) is 0 Å². The lowest BCUT2D eigenvalue weighted by Gasteiger charge is -2.19. The first-order chi connectivity index (χ1) is 9.74. The molecular weight excluding hydrogens is 282 g/mol. The summed E-state index contributed by atoms with van der Waals surface area (Å²) in [6.07, 6.45) is 1.17. The summed E-state index contributed by atoms with van der Waals surface area (Å²) in [7, 11) is 0. The maximum Gasteiger partial charge on any atom is 0.311 e. The number of hydrogen-bond acceptors (Lipinski definition) is 5. The second-order valence-corrected chi connectivity index (χ2v) is 5.20. The third-order valence-corrected chi connectivity index (χ3v) is 3.61. The Balaban J connectivity index is 2.30. The van der Waals surface area contributed by atoms with E-state index in [1.165, 1.54) is 11.8 Å². The van der Waals surface area contributed by atoms with Crippen molar-refractivity contribution in [2.75, 3.05) is 13.1 Å². The molecule has 0 aliphatic carbocycles. The normalized spacial score (nSPS) is 21.3. The smallest absolute Gasteiger partial charge is 0.311 e. The quantitative estimate of drug-likeness (QED) is 0.605. The van der Waals surface area contributed by atoms with E-state index in [1.54, 1.807) is 0 Å². The van der Waals surface area contributed by atoms with Gasteiger partial charge in [0, 0.05) is 19.2 Å². The summed E-state index contributed by atoms with van der Waals surface area (Å²) in [5, 5.41) is 19.8. The van der Waals surface area contributed by atoms with E-state index in [-0.39, 0.29) is 25.1 Å². The average Bonchev–Trinajstić information content (AvgIpc) is 2.82. The lowest BCUT2D eigenvalue weighted by atomic mass is 9.90. The molecule has 0 bridgehead atoms. The highest BCUT2D eigenvalue weighted by molar-refractivity contribution is 5.95. The van der Waals surface area contributed by atoms with Gasteiger partial charge in [-0.1, -0.05) is 0 Å². The Morgan fingerprint density at radius 1 is 1.52 bits per heavy atom. The molecule has 1 aromatic heterocycles. The van der Waals surface area contributed by atoms with E-state index < -0.39 is 33.5 Å². The average molecular weight is 295 g/mol. The molecule has 1 aromatic rings. The molecule has 1 fully saturated rings. The fourth-order valence-corrected chi connectivity index (χ4v) is 2.22. The number of carbonyl (C=O) groups is 2. The first-order valence-corrected chi connectivity index (χ1v) is 6.14. The molecule has 1 aliphatic heterocycles. The number of nitro groups is 1. The van der Waals surface area contributed by atoms with Gasteiger partial charge in [-0.3, -0.25) is 24.5 Å². The lowest BCUT2D eigenvalue weighted by Crippen LogP contribution is -2.37. The molecule has 0 radical (unpaired) electrons. The number of likely N-dealkylation sites (tertiary alicyclic amines) is 1. The highest BCUT2D eigenvalue weighted by Crippen LogP contribution is 2.30. The molecule has 1 saturated heterocycles. The number of aromatic nitrogens is 1. The topological polar surface area (TPSA) is 134 Å². The number of carbonyl (C=O) groups excluding carboxylic acids is 1. The van der Waals surface area contributed by atoms with Gasteiger partial charge in [-0.15, -0.1) is 0 Å². The predicted molar refractivity (Wildman–Crippen MR) is 70.0 cm³/mol. The molecule has 1 amide bonds. The van der Waals surface area contributed by atoms with Gasteiger partial charge in [-0.25, -0.2) is 0 Å². The van der Waals surface area contributed by atoms with E-state index in [4.69, 9.17) is 5.11 Å². The Hall–Kier alpha value is -2.71. The van der Waals surface area contributed by atoms with Crippen LogP contribution in [0.25, 0.3) is 0 Å². The number of nitrogens with one attached hydrogen (secondary N) is 1. The van der Waals surface area contributed by atoms with Gasteiger partial charge in [-0.05, 0) is 13.3 Å². The van der Waals surface area contributed by atoms with Crippen LogP contribution in [0.3, 0.4) is 0 Å². The number of carboxylic acids is 1. The van der Waals surface area contributed by atoms with Crippen LogP contribution in [0, 0.1) is 15.5 Å². The van der Waals surface area contributed by atoms with Crippen LogP contribution in [0.15, 0.2) is 17.1 Å². The third kappa shape index (κ3) is 2.62. The first-order valence-electron chi connectivity index (χ1n) is 6.14.